The van der Waals surface area contributed by atoms with Crippen molar-refractivity contribution in [2.45, 2.75) is 102 Å². The molecular formula is C51H60Cl2Zr-2. The molecule has 1 saturated carbocycles. The van der Waals surface area contributed by atoms with Gasteiger partial charge in [0, 0.05) is 0 Å². The molecule has 8 rings (SSSR count). The molecule has 0 nitrogen and oxygen atoms in total. The first-order valence-corrected chi connectivity index (χ1v) is 20.7. The molecule has 54 heavy (non-hydrogen) atoms. The van der Waals surface area contributed by atoms with E-state index in [1.54, 1.807) is 28.2 Å². The molecule has 2 atom stereocenters. The van der Waals surface area contributed by atoms with Crippen molar-refractivity contribution in [1.29, 1.82) is 0 Å². The van der Waals surface area contributed by atoms with E-state index in [1.165, 1.54) is 68.1 Å². The second-order valence-electron chi connectivity index (χ2n) is 18.3. The number of hydrogen-bond acceptors (Lipinski definition) is 0. The third-order valence-corrected chi connectivity index (χ3v) is 15.9. The normalized spacial score (nSPS) is 23.5. The molecule has 0 bridgehead atoms. The number of hydrogen-bond donors (Lipinski definition) is 0. The fraction of sp³-hybridized carbons (Fsp3) is 0.412. The van der Waals surface area contributed by atoms with Gasteiger partial charge < -0.3 is 24.8 Å². The molecule has 0 heterocycles. The number of rotatable bonds is 2. The van der Waals surface area contributed by atoms with Gasteiger partial charge in [-0.1, -0.05) is 140 Å². The number of halogens is 2. The van der Waals surface area contributed by atoms with Crippen molar-refractivity contribution in [2.75, 3.05) is 0 Å². The molecule has 0 aliphatic heterocycles. The summed E-state index contributed by atoms with van der Waals surface area (Å²) in [5.74, 6) is 2.24. The van der Waals surface area contributed by atoms with Gasteiger partial charge in [0.05, 0.1) is 0 Å². The Morgan fingerprint density at radius 3 is 1.85 bits per heavy atom. The summed E-state index contributed by atoms with van der Waals surface area (Å²) in [6.45, 7) is 27.0. The Kier molecular flexibility index (Phi) is 13.6. The summed E-state index contributed by atoms with van der Waals surface area (Å²) in [7, 11) is 0. The van der Waals surface area contributed by atoms with Gasteiger partial charge in [-0.15, -0.1) is 13.3 Å². The van der Waals surface area contributed by atoms with Crippen LogP contribution >= 0.6 is 0 Å². The van der Waals surface area contributed by atoms with Gasteiger partial charge in [-0.25, -0.2) is 12.0 Å². The average Bonchev–Trinajstić information content (AvgIpc) is 3.82. The number of benzene rings is 3. The van der Waals surface area contributed by atoms with E-state index in [0.717, 1.165) is 12.8 Å². The van der Waals surface area contributed by atoms with E-state index >= 15 is 0 Å². The van der Waals surface area contributed by atoms with Crippen molar-refractivity contribution in [3.8, 4) is 0 Å². The first-order valence-electron chi connectivity index (χ1n) is 19.5. The van der Waals surface area contributed by atoms with Crippen LogP contribution in [0.25, 0.3) is 5.57 Å². The van der Waals surface area contributed by atoms with E-state index in [-0.39, 0.29) is 46.5 Å². The van der Waals surface area contributed by atoms with E-state index in [1.807, 2.05) is 0 Å². The Labute approximate surface area is 355 Å². The van der Waals surface area contributed by atoms with E-state index in [9.17, 15) is 0 Å². The van der Waals surface area contributed by atoms with Crippen molar-refractivity contribution in [3.05, 3.63) is 166 Å². The molecule has 0 N–H and O–H groups in total. The summed E-state index contributed by atoms with van der Waals surface area (Å²) >= 11 is 1.46. The summed E-state index contributed by atoms with van der Waals surface area (Å²) in [4.78, 5) is 0. The van der Waals surface area contributed by atoms with Crippen LogP contribution in [0.1, 0.15) is 118 Å². The van der Waals surface area contributed by atoms with Crippen LogP contribution < -0.4 is 24.8 Å². The van der Waals surface area contributed by atoms with E-state index < -0.39 is 0 Å². The van der Waals surface area contributed by atoms with Gasteiger partial charge in [0.15, 0.2) is 0 Å². The standard InChI is InChI=1S/C29H37.C13H10.C9H13.2ClH.Zr/c1-18-25-22-17-19-13-9-10-14-20(19)24(22)21-15-11-12-16-23(21)29(25,8)28(6,7)27(4,5)26(18,2)3;1-3-7-12(8-4-1)11-13-9-5-2-6-10-13;1-9(2,3)8-6-4-5-7-8;;;/h9-11,13-15,23H,12,16-17H2,1-8H3;1-10H;6-7H,4H2,1-3H3;2*1H;/q-1;;-1;;;+2/p-2. The van der Waals surface area contributed by atoms with Crippen LogP contribution in [0.5, 0.6) is 0 Å². The zero-order chi connectivity index (χ0) is 37.7. The Morgan fingerprint density at radius 2 is 1.33 bits per heavy atom. The van der Waals surface area contributed by atoms with E-state index in [4.69, 9.17) is 0 Å². The number of fused-ring (bicyclic) bond motifs is 6. The zero-order valence-corrected chi connectivity index (χ0v) is 38.5. The molecule has 3 aromatic carbocycles. The fourth-order valence-corrected chi connectivity index (χ4v) is 10.7. The molecule has 0 spiro atoms. The molecule has 5 aliphatic rings. The van der Waals surface area contributed by atoms with E-state index in [2.05, 4.69) is 191 Å². The van der Waals surface area contributed by atoms with Crippen molar-refractivity contribution in [2.24, 2.45) is 33.0 Å². The predicted octanol–water partition coefficient (Wildman–Crippen LogP) is 7.50. The van der Waals surface area contributed by atoms with Gasteiger partial charge >= 0.3 is 99.2 Å². The summed E-state index contributed by atoms with van der Waals surface area (Å²) in [6, 6.07) is 30.3. The van der Waals surface area contributed by atoms with Crippen molar-refractivity contribution >= 4 is 8.78 Å². The number of allylic oxidation sites excluding steroid dienone is 10. The molecule has 0 aromatic heterocycles. The van der Waals surface area contributed by atoms with Gasteiger partial charge in [-0.3, -0.25) is 6.08 Å². The average molecular weight is 835 g/mol. The Bertz CT molecular complexity index is 1940. The fourth-order valence-electron chi connectivity index (χ4n) is 9.86. The van der Waals surface area contributed by atoms with Crippen LogP contribution in [0.4, 0.5) is 0 Å². The first kappa shape index (κ1) is 44.3. The molecule has 284 valence electrons. The monoisotopic (exact) mass is 832 g/mol. The van der Waals surface area contributed by atoms with Crippen LogP contribution in [0.3, 0.4) is 0 Å². The minimum atomic E-state index is 0. The van der Waals surface area contributed by atoms with Crippen LogP contribution in [0.2, 0.25) is 0 Å². The first-order chi connectivity index (χ1) is 24.5. The zero-order valence-electron chi connectivity index (χ0n) is 34.6. The molecule has 2 unspecified atom stereocenters. The summed E-state index contributed by atoms with van der Waals surface area (Å²) in [6.07, 6.45) is 17.0. The maximum absolute atomic E-state index is 3.16. The molecule has 1 fully saturated rings. The molecule has 0 amide bonds. The van der Waals surface area contributed by atoms with Gasteiger partial charge in [0.2, 0.25) is 0 Å². The maximum atomic E-state index is 3.16. The Hall–Kier alpha value is -2.44. The van der Waals surface area contributed by atoms with Crippen LogP contribution in [0.15, 0.2) is 132 Å². The van der Waals surface area contributed by atoms with Crippen molar-refractivity contribution in [1.82, 2.24) is 0 Å². The second-order valence-corrected chi connectivity index (χ2v) is 19.6. The molecule has 3 aromatic rings. The summed E-state index contributed by atoms with van der Waals surface area (Å²) < 4.78 is 1.42. The summed E-state index contributed by atoms with van der Waals surface area (Å²) in [5.41, 5.74) is 14.7. The van der Waals surface area contributed by atoms with Gasteiger partial charge in [0.25, 0.3) is 0 Å². The topological polar surface area (TPSA) is 0 Å². The Morgan fingerprint density at radius 1 is 0.778 bits per heavy atom. The molecule has 0 radical (unpaired) electrons. The van der Waals surface area contributed by atoms with Crippen LogP contribution in [-0.2, 0) is 30.7 Å². The van der Waals surface area contributed by atoms with E-state index in [0.29, 0.717) is 11.3 Å². The minimum absolute atomic E-state index is 0. The molecule has 0 saturated heterocycles. The van der Waals surface area contributed by atoms with Crippen molar-refractivity contribution in [3.63, 3.8) is 0 Å². The molecule has 5 aliphatic carbocycles. The van der Waals surface area contributed by atoms with Crippen LogP contribution in [-0.4, -0.2) is 3.21 Å². The van der Waals surface area contributed by atoms with Crippen molar-refractivity contribution < 1.29 is 49.0 Å². The Balaban J connectivity index is 0.000000216. The van der Waals surface area contributed by atoms with Gasteiger partial charge in [-0.05, 0) is 40.6 Å². The second kappa shape index (κ2) is 16.6. The SMILES string of the molecule is CC(C)(C)C1=CC[C-]=C1.C[C-]1C2=C3Cc4ccccc4C3=C3C=CCCC3C2(C)C(C)(C)C(C)(C)C1(C)C.[Cl-].[Cl-].[Zr+2]=[C](c1ccccc1)c1ccccc1. The van der Waals surface area contributed by atoms with Crippen LogP contribution in [0, 0.1) is 45.0 Å². The third kappa shape index (κ3) is 7.41. The van der Waals surface area contributed by atoms with Gasteiger partial charge in [0.1, 0.15) is 0 Å². The quantitative estimate of drug-likeness (QED) is 0.235. The summed E-state index contributed by atoms with van der Waals surface area (Å²) in [5, 5.41) is 0. The third-order valence-electron chi connectivity index (χ3n) is 14.5. The molecule has 3 heteroatoms. The predicted molar refractivity (Wildman–Crippen MR) is 220 cm³/mol. The van der Waals surface area contributed by atoms with Gasteiger partial charge in [-0.2, -0.15) is 22.8 Å². The molecular weight excluding hydrogens is 775 g/mol.